The summed E-state index contributed by atoms with van der Waals surface area (Å²) in [4.78, 5) is 14.3. The van der Waals surface area contributed by atoms with Crippen LogP contribution in [0, 0.1) is 11.6 Å². The van der Waals surface area contributed by atoms with Gasteiger partial charge in [-0.1, -0.05) is 30.3 Å². The number of carbonyl (C=O) groups is 1. The first-order valence-corrected chi connectivity index (χ1v) is 8.39. The number of likely N-dealkylation sites (tertiary alicyclic amines) is 1. The average molecular weight is 357 g/mol. The van der Waals surface area contributed by atoms with E-state index >= 15 is 0 Å². The molecule has 2 aromatic rings. The molecule has 5 nitrogen and oxygen atoms in total. The molecule has 0 saturated carbocycles. The van der Waals surface area contributed by atoms with Crippen LogP contribution >= 0.6 is 0 Å². The smallest absolute Gasteiger partial charge is 0.341 e. The lowest BCUT2D eigenvalue weighted by molar-refractivity contribution is 0.0257. The molecule has 7 heteroatoms. The third kappa shape index (κ3) is 3.12. The van der Waals surface area contributed by atoms with Crippen molar-refractivity contribution in [2.24, 2.45) is 5.10 Å². The highest BCUT2D eigenvalue weighted by molar-refractivity contribution is 5.79. The lowest BCUT2D eigenvalue weighted by Gasteiger charge is -2.41. The summed E-state index contributed by atoms with van der Waals surface area (Å²) in [5.41, 5.74) is 1.03. The largest absolute Gasteiger partial charge is 0.484 e. The molecule has 26 heavy (non-hydrogen) atoms. The molecule has 2 aromatic carbocycles. The van der Waals surface area contributed by atoms with E-state index in [4.69, 9.17) is 4.74 Å². The molecule has 2 aliphatic rings. The molecule has 4 rings (SSSR count). The van der Waals surface area contributed by atoms with Gasteiger partial charge in [0.05, 0.1) is 19.1 Å². The van der Waals surface area contributed by atoms with E-state index in [0.717, 1.165) is 17.7 Å². The molecule has 134 valence electrons. The fraction of sp³-hybridized carbons (Fsp3) is 0.263. The molecule has 1 unspecified atom stereocenters. The van der Waals surface area contributed by atoms with Crippen molar-refractivity contribution < 1.29 is 18.3 Å². The molecular weight excluding hydrogens is 340 g/mol. The number of halogens is 2. The Kier molecular flexibility index (Phi) is 4.28. The van der Waals surface area contributed by atoms with Gasteiger partial charge in [0.1, 0.15) is 11.9 Å². The van der Waals surface area contributed by atoms with Crippen LogP contribution in [0.3, 0.4) is 0 Å². The number of ether oxygens (including phenoxy) is 1. The topological polar surface area (TPSA) is 45.1 Å². The average Bonchev–Trinajstić information content (AvgIpc) is 3.09. The molecule has 0 radical (unpaired) electrons. The zero-order chi connectivity index (χ0) is 18.1. The van der Waals surface area contributed by atoms with Gasteiger partial charge in [0.2, 0.25) is 0 Å². The number of urea groups is 1. The molecule has 0 bridgehead atoms. The Bertz CT molecular complexity index is 838. The summed E-state index contributed by atoms with van der Waals surface area (Å²) in [6.45, 7) is 0.673. The zero-order valence-electron chi connectivity index (χ0n) is 13.9. The minimum atomic E-state index is -0.747. The van der Waals surface area contributed by atoms with Gasteiger partial charge >= 0.3 is 6.03 Å². The van der Waals surface area contributed by atoms with Gasteiger partial charge in [-0.05, 0) is 17.7 Å². The SMILES string of the molecule is O=C(N1CC(Oc2ccc(F)cc2F)C1)N1N=CCC1c1ccccc1. The monoisotopic (exact) mass is 357 g/mol. The van der Waals surface area contributed by atoms with Gasteiger partial charge in [0.15, 0.2) is 11.6 Å². The van der Waals surface area contributed by atoms with E-state index in [1.165, 1.54) is 11.1 Å². The molecule has 0 aliphatic carbocycles. The van der Waals surface area contributed by atoms with E-state index in [1.54, 1.807) is 11.1 Å². The fourth-order valence-corrected chi connectivity index (χ4v) is 3.11. The highest BCUT2D eigenvalue weighted by Crippen LogP contribution is 2.30. The van der Waals surface area contributed by atoms with E-state index in [2.05, 4.69) is 5.10 Å². The fourth-order valence-electron chi connectivity index (χ4n) is 3.11. The highest BCUT2D eigenvalue weighted by atomic mass is 19.1. The predicted octanol–water partition coefficient (Wildman–Crippen LogP) is 3.58. The van der Waals surface area contributed by atoms with Gasteiger partial charge in [-0.2, -0.15) is 5.10 Å². The molecule has 0 aromatic heterocycles. The second-order valence-electron chi connectivity index (χ2n) is 6.31. The van der Waals surface area contributed by atoms with Crippen molar-refractivity contribution in [3.05, 3.63) is 65.7 Å². The summed E-state index contributed by atoms with van der Waals surface area (Å²) in [7, 11) is 0. The van der Waals surface area contributed by atoms with Crippen molar-refractivity contribution in [3.8, 4) is 5.75 Å². The first kappa shape index (κ1) is 16.5. The third-order valence-corrected chi connectivity index (χ3v) is 4.52. The Morgan fingerprint density at radius 1 is 1.12 bits per heavy atom. The molecule has 2 aliphatic heterocycles. The van der Waals surface area contributed by atoms with E-state index in [1.807, 2.05) is 30.3 Å². The minimum absolute atomic E-state index is 0.00939. The Labute approximate surface area is 149 Å². The Balaban J connectivity index is 1.36. The zero-order valence-corrected chi connectivity index (χ0v) is 13.9. The minimum Gasteiger partial charge on any atom is -0.484 e. The lowest BCUT2D eigenvalue weighted by Crippen LogP contribution is -2.58. The molecule has 2 heterocycles. The van der Waals surface area contributed by atoms with Crippen LogP contribution in [0.4, 0.5) is 13.6 Å². The van der Waals surface area contributed by atoms with E-state index in [-0.39, 0.29) is 23.9 Å². The molecule has 2 amide bonds. The third-order valence-electron chi connectivity index (χ3n) is 4.52. The molecule has 1 fully saturated rings. The van der Waals surface area contributed by atoms with Crippen LogP contribution < -0.4 is 4.74 Å². The Morgan fingerprint density at radius 2 is 1.88 bits per heavy atom. The summed E-state index contributed by atoms with van der Waals surface area (Å²) >= 11 is 0. The van der Waals surface area contributed by atoms with Crippen molar-refractivity contribution in [1.82, 2.24) is 9.91 Å². The summed E-state index contributed by atoms with van der Waals surface area (Å²) in [6, 6.07) is 12.6. The summed E-state index contributed by atoms with van der Waals surface area (Å²) in [6.07, 6.45) is 2.09. The van der Waals surface area contributed by atoms with Crippen LogP contribution in [0.5, 0.6) is 5.75 Å². The number of carbonyl (C=O) groups excluding carboxylic acids is 1. The van der Waals surface area contributed by atoms with Crippen LogP contribution in [0.1, 0.15) is 18.0 Å². The van der Waals surface area contributed by atoms with Gasteiger partial charge in [-0.25, -0.2) is 18.6 Å². The van der Waals surface area contributed by atoms with E-state index in [0.29, 0.717) is 19.5 Å². The van der Waals surface area contributed by atoms with Gasteiger partial charge in [0, 0.05) is 18.7 Å². The number of hydrogen-bond acceptors (Lipinski definition) is 3. The maximum atomic E-state index is 13.6. The van der Waals surface area contributed by atoms with Crippen molar-refractivity contribution in [3.63, 3.8) is 0 Å². The first-order valence-electron chi connectivity index (χ1n) is 8.39. The van der Waals surface area contributed by atoms with Crippen LogP contribution in [0.15, 0.2) is 53.6 Å². The van der Waals surface area contributed by atoms with Crippen molar-refractivity contribution in [2.45, 2.75) is 18.6 Å². The van der Waals surface area contributed by atoms with E-state index < -0.39 is 11.6 Å². The Hall–Kier alpha value is -2.96. The van der Waals surface area contributed by atoms with Gasteiger partial charge in [-0.3, -0.25) is 0 Å². The summed E-state index contributed by atoms with van der Waals surface area (Å²) in [5, 5.41) is 5.68. The first-order chi connectivity index (χ1) is 12.6. The van der Waals surface area contributed by atoms with Crippen LogP contribution in [-0.4, -0.2) is 41.3 Å². The second kappa shape index (κ2) is 6.74. The summed E-state index contributed by atoms with van der Waals surface area (Å²) in [5.74, 6) is -1.41. The second-order valence-corrected chi connectivity index (χ2v) is 6.31. The van der Waals surface area contributed by atoms with Gasteiger partial charge in [-0.15, -0.1) is 0 Å². The quantitative estimate of drug-likeness (QED) is 0.843. The van der Waals surface area contributed by atoms with Crippen molar-refractivity contribution >= 4 is 12.2 Å². The number of hydrogen-bond donors (Lipinski definition) is 0. The standard InChI is InChI=1S/C19H17F2N3O2/c20-14-6-7-18(16(21)10-14)26-15-11-23(12-15)19(25)24-17(8-9-22-24)13-4-2-1-3-5-13/h1-7,9-10,15,17H,8,11-12H2. The van der Waals surface area contributed by atoms with Gasteiger partial charge < -0.3 is 9.64 Å². The van der Waals surface area contributed by atoms with Crippen molar-refractivity contribution in [2.75, 3.05) is 13.1 Å². The van der Waals surface area contributed by atoms with Crippen LogP contribution in [0.2, 0.25) is 0 Å². The highest BCUT2D eigenvalue weighted by Gasteiger charge is 2.39. The molecular formula is C19H17F2N3O2. The van der Waals surface area contributed by atoms with E-state index in [9.17, 15) is 13.6 Å². The number of benzene rings is 2. The number of hydrazone groups is 1. The normalized spacial score (nSPS) is 19.5. The molecule has 0 N–H and O–H groups in total. The number of nitrogens with zero attached hydrogens (tertiary/aromatic N) is 3. The van der Waals surface area contributed by atoms with Crippen LogP contribution in [0.25, 0.3) is 0 Å². The summed E-state index contributed by atoms with van der Waals surface area (Å²) < 4.78 is 32.1. The van der Waals surface area contributed by atoms with Gasteiger partial charge in [0.25, 0.3) is 0 Å². The molecule has 1 saturated heterocycles. The van der Waals surface area contributed by atoms with Crippen LogP contribution in [-0.2, 0) is 0 Å². The maximum Gasteiger partial charge on any atom is 0.341 e. The number of amides is 2. The number of rotatable bonds is 3. The maximum absolute atomic E-state index is 13.6. The van der Waals surface area contributed by atoms with Crippen molar-refractivity contribution in [1.29, 1.82) is 0 Å². The Morgan fingerprint density at radius 3 is 2.62 bits per heavy atom. The lowest BCUT2D eigenvalue weighted by atomic mass is 10.0. The molecule has 1 atom stereocenters. The predicted molar refractivity (Wildman–Crippen MR) is 91.9 cm³/mol. The molecule has 0 spiro atoms.